The van der Waals surface area contributed by atoms with E-state index in [0.717, 1.165) is 12.8 Å². The largest absolute Gasteiger partial charge is 0.462 e. The quantitative estimate of drug-likeness (QED) is 0.418. The molecule has 4 fully saturated rings. The summed E-state index contributed by atoms with van der Waals surface area (Å²) in [6, 6.07) is 0. The Labute approximate surface area is 166 Å². The van der Waals surface area contributed by atoms with Crippen LogP contribution in [-0.4, -0.2) is 56.9 Å². The highest BCUT2D eigenvalue weighted by Gasteiger charge is 2.74. The van der Waals surface area contributed by atoms with Gasteiger partial charge in [0.15, 0.2) is 0 Å². The first-order chi connectivity index (χ1) is 12.9. The number of hydrogen-bond donors (Lipinski definition) is 4. The van der Waals surface area contributed by atoms with Crippen molar-refractivity contribution in [3.05, 3.63) is 12.2 Å². The first-order valence-corrected chi connectivity index (χ1v) is 10.5. The number of rotatable bonds is 2. The maximum absolute atomic E-state index is 11.9. The second-order valence-corrected chi connectivity index (χ2v) is 10.5. The van der Waals surface area contributed by atoms with Crippen molar-refractivity contribution in [2.75, 3.05) is 6.61 Å². The lowest BCUT2D eigenvalue weighted by atomic mass is 9.39. The number of aliphatic hydroxyl groups excluding tert-OH is 3. The van der Waals surface area contributed by atoms with Crippen molar-refractivity contribution in [2.45, 2.75) is 83.2 Å². The van der Waals surface area contributed by atoms with Gasteiger partial charge in [-0.1, -0.05) is 20.4 Å². The van der Waals surface area contributed by atoms with Gasteiger partial charge in [-0.15, -0.1) is 0 Å². The van der Waals surface area contributed by atoms with Gasteiger partial charge >= 0.3 is 5.97 Å². The van der Waals surface area contributed by atoms with Gasteiger partial charge in [0.05, 0.1) is 17.8 Å². The maximum atomic E-state index is 11.9. The number of hydrogen-bond acceptors (Lipinski definition) is 6. The molecule has 6 heteroatoms. The van der Waals surface area contributed by atoms with Crippen LogP contribution in [0.4, 0.5) is 0 Å². The Morgan fingerprint density at radius 1 is 1.25 bits per heavy atom. The van der Waals surface area contributed by atoms with E-state index in [2.05, 4.69) is 13.5 Å². The highest BCUT2D eigenvalue weighted by Crippen LogP contribution is 2.73. The molecule has 0 radical (unpaired) electrons. The van der Waals surface area contributed by atoms with Crippen LogP contribution in [0, 0.1) is 28.1 Å². The van der Waals surface area contributed by atoms with Crippen molar-refractivity contribution in [3.8, 4) is 0 Å². The van der Waals surface area contributed by atoms with Crippen LogP contribution in [0.25, 0.3) is 0 Å². The lowest BCUT2D eigenvalue weighted by molar-refractivity contribution is -0.258. The molecule has 0 aromatic rings. The molecule has 0 aromatic carbocycles. The van der Waals surface area contributed by atoms with Gasteiger partial charge in [0.25, 0.3) is 0 Å². The summed E-state index contributed by atoms with van der Waals surface area (Å²) in [5.41, 5.74) is -2.49. The summed E-state index contributed by atoms with van der Waals surface area (Å²) in [4.78, 5) is 11.9. The van der Waals surface area contributed by atoms with Crippen molar-refractivity contribution in [3.63, 3.8) is 0 Å². The monoisotopic (exact) mass is 394 g/mol. The number of carbonyl (C=O) groups is 1. The van der Waals surface area contributed by atoms with Crippen molar-refractivity contribution in [2.24, 2.45) is 28.1 Å². The molecular weight excluding hydrogens is 360 g/mol. The second-order valence-electron chi connectivity index (χ2n) is 10.5. The molecule has 6 nitrogen and oxygen atoms in total. The molecule has 4 saturated carbocycles. The van der Waals surface area contributed by atoms with E-state index in [9.17, 15) is 25.2 Å². The fourth-order valence-corrected chi connectivity index (χ4v) is 8.00. The molecule has 0 heterocycles. The first-order valence-electron chi connectivity index (χ1n) is 10.5. The van der Waals surface area contributed by atoms with E-state index >= 15 is 0 Å². The zero-order valence-corrected chi connectivity index (χ0v) is 17.1. The third-order valence-corrected chi connectivity index (χ3v) is 9.17. The Morgan fingerprint density at radius 3 is 2.54 bits per heavy atom. The van der Waals surface area contributed by atoms with Gasteiger partial charge in [0.2, 0.25) is 0 Å². The van der Waals surface area contributed by atoms with Crippen LogP contribution in [0.2, 0.25) is 0 Å². The highest BCUT2D eigenvalue weighted by molar-refractivity contribution is 5.66. The highest BCUT2D eigenvalue weighted by atomic mass is 16.5. The van der Waals surface area contributed by atoms with Crippen LogP contribution in [0.5, 0.6) is 0 Å². The SMILES string of the molecule is C=C1[C@@H](O)[C@@]23CC[C@@H]4[C@@](C)(CO)CC[C@H](O)[C@@]4(C)[C@@H]2[C@@H](OC(C)=O)C[C@]1(O)C3. The normalized spacial score (nSPS) is 55.4. The number of fused-ring (bicyclic) bond motifs is 3. The summed E-state index contributed by atoms with van der Waals surface area (Å²) in [5.74, 6) is -0.695. The van der Waals surface area contributed by atoms with Crippen LogP contribution < -0.4 is 0 Å². The summed E-state index contributed by atoms with van der Waals surface area (Å²) < 4.78 is 5.74. The fourth-order valence-electron chi connectivity index (χ4n) is 8.00. The standard InChI is InChI=1S/C22H34O6/c1-12-18(26)21-8-5-15-19(3,11-23)7-6-16(25)20(15,4)17(21)14(28-13(2)24)9-22(12,27)10-21/h14-18,23,25-27H,1,5-11H2,2-4H3/t14-,15+,16-,17-,18+,19+,20-,21+,22-/m0/s1. The maximum Gasteiger partial charge on any atom is 0.302 e. The first kappa shape index (κ1) is 20.3. The molecule has 4 aliphatic carbocycles. The van der Waals surface area contributed by atoms with Gasteiger partial charge < -0.3 is 25.2 Å². The Hall–Kier alpha value is -0.950. The minimum atomic E-state index is -1.25. The van der Waals surface area contributed by atoms with E-state index < -0.39 is 40.7 Å². The van der Waals surface area contributed by atoms with Crippen LogP contribution >= 0.6 is 0 Å². The zero-order valence-electron chi connectivity index (χ0n) is 17.1. The van der Waals surface area contributed by atoms with E-state index in [1.165, 1.54) is 6.92 Å². The van der Waals surface area contributed by atoms with Crippen molar-refractivity contribution in [1.82, 2.24) is 0 Å². The molecule has 158 valence electrons. The van der Waals surface area contributed by atoms with Crippen LogP contribution in [0.15, 0.2) is 12.2 Å². The third-order valence-electron chi connectivity index (χ3n) is 9.17. The molecule has 2 bridgehead atoms. The summed E-state index contributed by atoms with van der Waals surface area (Å²) in [6.07, 6.45) is 1.16. The summed E-state index contributed by atoms with van der Waals surface area (Å²) in [6.45, 7) is 9.50. The summed E-state index contributed by atoms with van der Waals surface area (Å²) in [7, 11) is 0. The van der Waals surface area contributed by atoms with E-state index in [-0.39, 0.29) is 30.3 Å². The van der Waals surface area contributed by atoms with Crippen molar-refractivity contribution in [1.29, 1.82) is 0 Å². The number of carbonyl (C=O) groups excluding carboxylic acids is 1. The molecule has 9 atom stereocenters. The second kappa shape index (κ2) is 6.03. The predicted molar refractivity (Wildman–Crippen MR) is 102 cm³/mol. The topological polar surface area (TPSA) is 107 Å². The predicted octanol–water partition coefficient (Wildman–Crippen LogP) is 1.55. The lowest BCUT2D eigenvalue weighted by Gasteiger charge is -2.67. The van der Waals surface area contributed by atoms with Crippen LogP contribution in [0.1, 0.15) is 59.3 Å². The molecule has 4 rings (SSSR count). The van der Waals surface area contributed by atoms with Gasteiger partial charge in [-0.2, -0.15) is 0 Å². The lowest BCUT2D eigenvalue weighted by Crippen LogP contribution is -2.68. The van der Waals surface area contributed by atoms with E-state index in [4.69, 9.17) is 4.74 Å². The third kappa shape index (κ3) is 2.32. The minimum absolute atomic E-state index is 0.0368. The molecule has 0 unspecified atom stereocenters. The van der Waals surface area contributed by atoms with E-state index in [1.54, 1.807) is 0 Å². The molecule has 0 aliphatic heterocycles. The average molecular weight is 395 g/mol. The fraction of sp³-hybridized carbons (Fsp3) is 0.864. The molecule has 0 amide bonds. The van der Waals surface area contributed by atoms with Gasteiger partial charge in [-0.3, -0.25) is 4.79 Å². The zero-order chi connectivity index (χ0) is 20.7. The Balaban J connectivity index is 1.88. The number of ether oxygens (including phenoxy) is 1. The Morgan fingerprint density at radius 2 is 1.93 bits per heavy atom. The van der Waals surface area contributed by atoms with Gasteiger partial charge in [-0.25, -0.2) is 0 Å². The van der Waals surface area contributed by atoms with E-state index in [0.29, 0.717) is 24.8 Å². The molecule has 1 spiro atoms. The van der Waals surface area contributed by atoms with Gasteiger partial charge in [-0.05, 0) is 49.0 Å². The van der Waals surface area contributed by atoms with Gasteiger partial charge in [0, 0.05) is 36.7 Å². The molecule has 28 heavy (non-hydrogen) atoms. The Bertz CT molecular complexity index is 707. The van der Waals surface area contributed by atoms with E-state index in [1.807, 2.05) is 6.92 Å². The molecule has 0 saturated heterocycles. The molecule has 4 N–H and O–H groups in total. The van der Waals surface area contributed by atoms with Crippen LogP contribution in [0.3, 0.4) is 0 Å². The molecule has 4 aliphatic rings. The van der Waals surface area contributed by atoms with Crippen molar-refractivity contribution < 1.29 is 30.0 Å². The Kier molecular flexibility index (Phi) is 4.38. The average Bonchev–Trinajstić information content (AvgIpc) is 2.75. The van der Waals surface area contributed by atoms with Crippen LogP contribution in [-0.2, 0) is 9.53 Å². The molecular formula is C22H34O6. The summed E-state index contributed by atoms with van der Waals surface area (Å²) >= 11 is 0. The minimum Gasteiger partial charge on any atom is -0.462 e. The number of aliphatic hydroxyl groups is 4. The van der Waals surface area contributed by atoms with Crippen molar-refractivity contribution >= 4 is 5.97 Å². The molecule has 0 aromatic heterocycles. The smallest absolute Gasteiger partial charge is 0.302 e. The van der Waals surface area contributed by atoms with Gasteiger partial charge in [0.1, 0.15) is 6.10 Å². The number of esters is 1. The summed E-state index contributed by atoms with van der Waals surface area (Å²) in [5, 5.41) is 43.9.